The lowest BCUT2D eigenvalue weighted by Gasteiger charge is -2.09. The zero-order chi connectivity index (χ0) is 16.2. The maximum absolute atomic E-state index is 11.4. The van der Waals surface area contributed by atoms with E-state index in [-0.39, 0.29) is 17.3 Å². The number of hydrogen-bond donors (Lipinski definition) is 1. The van der Waals surface area contributed by atoms with Crippen molar-refractivity contribution in [3.63, 3.8) is 0 Å². The summed E-state index contributed by atoms with van der Waals surface area (Å²) in [5.41, 5.74) is 0.714. The van der Waals surface area contributed by atoms with Gasteiger partial charge in [-0.05, 0) is 17.7 Å². The molecule has 0 unspecified atom stereocenters. The van der Waals surface area contributed by atoms with Gasteiger partial charge in [0.25, 0.3) is 0 Å². The van der Waals surface area contributed by atoms with E-state index in [1.807, 2.05) is 12.1 Å². The second-order valence-electron chi connectivity index (χ2n) is 4.60. The molecule has 2 aromatic heterocycles. The molecule has 0 saturated carbocycles. The molecule has 0 atom stereocenters. The average Bonchev–Trinajstić information content (AvgIpc) is 3.08. The zero-order valence-corrected chi connectivity index (χ0v) is 12.5. The van der Waals surface area contributed by atoms with Crippen LogP contribution in [-0.4, -0.2) is 24.4 Å². The molecule has 0 amide bonds. The van der Waals surface area contributed by atoms with Crippen molar-refractivity contribution in [1.82, 2.24) is 19.5 Å². The van der Waals surface area contributed by atoms with Crippen molar-refractivity contribution in [3.05, 3.63) is 70.0 Å². The molecule has 1 N–H and O–H groups in total. The lowest BCUT2D eigenvalue weighted by atomic mass is 10.2. The molecule has 0 saturated heterocycles. The van der Waals surface area contributed by atoms with E-state index < -0.39 is 4.92 Å². The highest BCUT2D eigenvalue weighted by Gasteiger charge is 2.23. The van der Waals surface area contributed by atoms with E-state index in [4.69, 9.17) is 11.6 Å². The van der Waals surface area contributed by atoms with Crippen LogP contribution in [0.3, 0.4) is 0 Å². The largest absolute Gasteiger partial charge is 0.360 e. The second kappa shape index (κ2) is 6.41. The number of benzene rings is 1. The summed E-state index contributed by atoms with van der Waals surface area (Å²) in [5.74, 6) is 0.296. The van der Waals surface area contributed by atoms with Crippen molar-refractivity contribution in [2.75, 3.05) is 5.32 Å². The number of rotatable bonds is 5. The highest BCUT2D eigenvalue weighted by Crippen LogP contribution is 2.27. The highest BCUT2D eigenvalue weighted by molar-refractivity contribution is 6.30. The zero-order valence-electron chi connectivity index (χ0n) is 11.8. The number of nitrogens with zero attached hydrogens (tertiary/aromatic N) is 5. The SMILES string of the molecule is O=[N+]([O-])c1c(NCc2ccc(Cl)cc2)ncnc1-n1ccnc1. The molecule has 23 heavy (non-hydrogen) atoms. The second-order valence-corrected chi connectivity index (χ2v) is 5.04. The van der Waals surface area contributed by atoms with Crippen LogP contribution in [0.4, 0.5) is 11.5 Å². The molecule has 3 aromatic rings. The first-order chi connectivity index (χ1) is 11.1. The van der Waals surface area contributed by atoms with Crippen LogP contribution in [0, 0.1) is 10.1 Å². The number of anilines is 1. The molecule has 9 heteroatoms. The third-order valence-corrected chi connectivity index (χ3v) is 3.36. The van der Waals surface area contributed by atoms with E-state index in [1.165, 1.54) is 23.4 Å². The van der Waals surface area contributed by atoms with Gasteiger partial charge in [0.05, 0.1) is 4.92 Å². The van der Waals surface area contributed by atoms with Gasteiger partial charge in [0, 0.05) is 24.0 Å². The Balaban J connectivity index is 1.91. The monoisotopic (exact) mass is 330 g/mol. The number of hydrogen-bond acceptors (Lipinski definition) is 6. The fraction of sp³-hybridized carbons (Fsp3) is 0.0714. The first-order valence-electron chi connectivity index (χ1n) is 6.61. The summed E-state index contributed by atoms with van der Waals surface area (Å²) in [5, 5.41) is 15.0. The highest BCUT2D eigenvalue weighted by atomic mass is 35.5. The molecule has 2 heterocycles. The molecule has 0 aliphatic heterocycles. The number of nitro groups is 1. The lowest BCUT2D eigenvalue weighted by Crippen LogP contribution is -2.09. The molecular weight excluding hydrogens is 320 g/mol. The molecular formula is C14H11ClN6O2. The van der Waals surface area contributed by atoms with Gasteiger partial charge in [-0.25, -0.2) is 15.0 Å². The Bertz CT molecular complexity index is 820. The number of aromatic nitrogens is 4. The van der Waals surface area contributed by atoms with Gasteiger partial charge in [0.2, 0.25) is 11.6 Å². The molecule has 0 radical (unpaired) electrons. The number of imidazole rings is 1. The van der Waals surface area contributed by atoms with E-state index in [1.54, 1.807) is 18.3 Å². The Kier molecular flexibility index (Phi) is 4.15. The minimum absolute atomic E-state index is 0.142. The maximum Gasteiger partial charge on any atom is 0.354 e. The molecule has 116 valence electrons. The predicted octanol–water partition coefficient (Wildman–Crippen LogP) is 2.84. The third kappa shape index (κ3) is 3.27. The summed E-state index contributed by atoms with van der Waals surface area (Å²) in [6.45, 7) is 0.373. The van der Waals surface area contributed by atoms with Crippen LogP contribution < -0.4 is 5.32 Å². The van der Waals surface area contributed by atoms with Gasteiger partial charge in [0.15, 0.2) is 0 Å². The van der Waals surface area contributed by atoms with Crippen molar-refractivity contribution in [2.45, 2.75) is 6.54 Å². The minimum atomic E-state index is -0.514. The molecule has 0 fully saturated rings. The standard InChI is InChI=1S/C14H11ClN6O2/c15-11-3-1-10(2-4-11)7-17-13-12(21(22)23)14(19-8-18-13)20-6-5-16-9-20/h1-6,8-9H,7H2,(H,17,18,19). The fourth-order valence-electron chi connectivity index (χ4n) is 2.03. The Morgan fingerprint density at radius 2 is 2.04 bits per heavy atom. The van der Waals surface area contributed by atoms with Gasteiger partial charge < -0.3 is 5.32 Å². The van der Waals surface area contributed by atoms with Crippen molar-refractivity contribution in [3.8, 4) is 5.82 Å². The van der Waals surface area contributed by atoms with Crippen LogP contribution in [0.15, 0.2) is 49.3 Å². The molecule has 8 nitrogen and oxygen atoms in total. The van der Waals surface area contributed by atoms with Crippen molar-refractivity contribution < 1.29 is 4.92 Å². The summed E-state index contributed by atoms with van der Waals surface area (Å²) >= 11 is 5.83. The van der Waals surface area contributed by atoms with Crippen LogP contribution >= 0.6 is 11.6 Å². The Hall–Kier alpha value is -3.00. The van der Waals surface area contributed by atoms with E-state index in [9.17, 15) is 10.1 Å². The van der Waals surface area contributed by atoms with E-state index in [0.29, 0.717) is 11.6 Å². The van der Waals surface area contributed by atoms with Gasteiger partial charge in [-0.1, -0.05) is 23.7 Å². The van der Waals surface area contributed by atoms with Crippen LogP contribution in [-0.2, 0) is 6.54 Å². The molecule has 3 rings (SSSR count). The first-order valence-corrected chi connectivity index (χ1v) is 6.99. The van der Waals surface area contributed by atoms with Gasteiger partial charge in [0.1, 0.15) is 12.7 Å². The summed E-state index contributed by atoms with van der Waals surface area (Å²) in [6, 6.07) is 7.17. The quantitative estimate of drug-likeness (QED) is 0.570. The summed E-state index contributed by atoms with van der Waals surface area (Å²) < 4.78 is 1.47. The smallest absolute Gasteiger partial charge is 0.354 e. The van der Waals surface area contributed by atoms with Gasteiger partial charge in [-0.2, -0.15) is 0 Å². The Labute approximate surface area is 135 Å². The van der Waals surface area contributed by atoms with Crippen LogP contribution in [0.2, 0.25) is 5.02 Å². The van der Waals surface area contributed by atoms with E-state index >= 15 is 0 Å². The number of halogens is 1. The molecule has 0 bridgehead atoms. The Morgan fingerprint density at radius 3 is 2.70 bits per heavy atom. The van der Waals surface area contributed by atoms with Crippen LogP contribution in [0.1, 0.15) is 5.56 Å². The van der Waals surface area contributed by atoms with Crippen molar-refractivity contribution in [2.24, 2.45) is 0 Å². The summed E-state index contributed by atoms with van der Waals surface area (Å²) in [4.78, 5) is 22.8. The maximum atomic E-state index is 11.4. The normalized spacial score (nSPS) is 10.5. The topological polar surface area (TPSA) is 98.8 Å². The minimum Gasteiger partial charge on any atom is -0.360 e. The van der Waals surface area contributed by atoms with Gasteiger partial charge in [-0.3, -0.25) is 14.7 Å². The summed E-state index contributed by atoms with van der Waals surface area (Å²) in [6.07, 6.45) is 5.82. The van der Waals surface area contributed by atoms with E-state index in [0.717, 1.165) is 5.56 Å². The summed E-state index contributed by atoms with van der Waals surface area (Å²) in [7, 11) is 0. The Morgan fingerprint density at radius 1 is 1.26 bits per heavy atom. The lowest BCUT2D eigenvalue weighted by molar-refractivity contribution is -0.384. The van der Waals surface area contributed by atoms with Gasteiger partial charge >= 0.3 is 5.69 Å². The molecule has 0 spiro atoms. The van der Waals surface area contributed by atoms with Crippen molar-refractivity contribution in [1.29, 1.82) is 0 Å². The van der Waals surface area contributed by atoms with Gasteiger partial charge in [-0.15, -0.1) is 0 Å². The number of nitrogens with one attached hydrogen (secondary N) is 1. The van der Waals surface area contributed by atoms with Crippen LogP contribution in [0.5, 0.6) is 0 Å². The van der Waals surface area contributed by atoms with Crippen LogP contribution in [0.25, 0.3) is 5.82 Å². The molecule has 1 aromatic carbocycles. The molecule has 0 aliphatic carbocycles. The third-order valence-electron chi connectivity index (χ3n) is 3.11. The van der Waals surface area contributed by atoms with E-state index in [2.05, 4.69) is 20.3 Å². The fourth-order valence-corrected chi connectivity index (χ4v) is 2.15. The molecule has 0 aliphatic rings. The van der Waals surface area contributed by atoms with Crippen molar-refractivity contribution >= 4 is 23.1 Å². The average molecular weight is 331 g/mol. The first kappa shape index (κ1) is 14.9. The predicted molar refractivity (Wildman–Crippen MR) is 84.6 cm³/mol.